The number of aryl methyl sites for hydroxylation is 2. The second kappa shape index (κ2) is 10.7. The van der Waals surface area contributed by atoms with Gasteiger partial charge in [-0.3, -0.25) is 14.5 Å². The highest BCUT2D eigenvalue weighted by Gasteiger charge is 2.31. The molecule has 2 aromatic heterocycles. The Bertz CT molecular complexity index is 1810. The molecule has 3 aromatic rings. The number of nitrogens with zero attached hydrogens (tertiary/aromatic N) is 7. The molecule has 0 unspecified atom stereocenters. The molecule has 0 atom stereocenters. The fraction of sp³-hybridized carbons (Fsp3) is 0.185. The highest BCUT2D eigenvalue weighted by atomic mass is 35.5. The third-order valence-corrected chi connectivity index (χ3v) is 6.51. The Balaban J connectivity index is 0.00000337. The largest absolute Gasteiger partial charge is 0.416 e. The lowest BCUT2D eigenvalue weighted by Gasteiger charge is -2.19. The van der Waals surface area contributed by atoms with Gasteiger partial charge in [0.1, 0.15) is 17.3 Å². The van der Waals surface area contributed by atoms with Crippen molar-refractivity contribution in [3.05, 3.63) is 83.5 Å². The number of carbonyl (C=O) groups excluding carboxylic acids is 1. The minimum atomic E-state index is -4.58. The van der Waals surface area contributed by atoms with Gasteiger partial charge in [-0.25, -0.2) is 4.98 Å². The van der Waals surface area contributed by atoms with Gasteiger partial charge < -0.3 is 15.2 Å². The van der Waals surface area contributed by atoms with Gasteiger partial charge in [0, 0.05) is 61.6 Å². The highest BCUT2D eigenvalue weighted by Crippen LogP contribution is 2.39. The van der Waals surface area contributed by atoms with Crippen LogP contribution in [0.1, 0.15) is 21.6 Å². The van der Waals surface area contributed by atoms with E-state index in [2.05, 4.69) is 40.2 Å². The molecule has 210 valence electrons. The quantitative estimate of drug-likeness (QED) is 0.314. The molecule has 0 bridgehead atoms. The Labute approximate surface area is 237 Å². The number of fused-ring (bicyclic) bond motifs is 3. The third-order valence-electron chi connectivity index (χ3n) is 6.51. The van der Waals surface area contributed by atoms with Crippen LogP contribution >= 0.6 is 12.4 Å². The standard InChI is InChI=1S/C27H22F3N9O.ClH/c1-15-3-4-18(34-25(40)21-12-17(5-7-31-21)27(28,29)30)13-19(15)20-11-16-14-33-26(35-22-6-9-38(2)37-22)36-23(16)39-10-8-32-24(20)39;/h3-7,9,11-14,32H,8,10H2,1-2H3,(H,34,40);1H. The molecule has 10 nitrogen and oxygen atoms in total. The van der Waals surface area contributed by atoms with Gasteiger partial charge in [-0.2, -0.15) is 28.2 Å². The van der Waals surface area contributed by atoms with Crippen molar-refractivity contribution in [1.82, 2.24) is 29.3 Å². The summed E-state index contributed by atoms with van der Waals surface area (Å²) in [4.78, 5) is 30.1. The van der Waals surface area contributed by atoms with Crippen LogP contribution in [0.5, 0.6) is 0 Å². The number of carbonyl (C=O) groups is 1. The molecule has 41 heavy (non-hydrogen) atoms. The van der Waals surface area contributed by atoms with Gasteiger partial charge in [0.25, 0.3) is 11.5 Å². The molecular weight excluding hydrogens is 559 g/mol. The predicted octanol–water partition coefficient (Wildman–Crippen LogP) is 4.84. The van der Waals surface area contributed by atoms with Gasteiger partial charge in [-0.15, -0.1) is 12.4 Å². The van der Waals surface area contributed by atoms with Crippen LogP contribution in [0.4, 0.5) is 30.5 Å². The molecule has 0 radical (unpaired) electrons. The van der Waals surface area contributed by atoms with Crippen molar-refractivity contribution in [2.75, 3.05) is 17.2 Å². The van der Waals surface area contributed by atoms with Crippen molar-refractivity contribution in [3.63, 3.8) is 0 Å². The average Bonchev–Trinajstić information content (AvgIpc) is 3.58. The van der Waals surface area contributed by atoms with E-state index in [9.17, 15) is 18.0 Å². The van der Waals surface area contributed by atoms with Crippen LogP contribution in [-0.2, 0) is 19.8 Å². The first kappa shape index (κ1) is 27.8. The summed E-state index contributed by atoms with van der Waals surface area (Å²) in [6.07, 6.45) is -0.110. The number of hydrogen-bond donors (Lipinski definition) is 2. The molecule has 0 saturated carbocycles. The van der Waals surface area contributed by atoms with E-state index in [0.717, 1.165) is 46.4 Å². The summed E-state index contributed by atoms with van der Waals surface area (Å²) >= 11 is 0. The molecule has 3 aliphatic heterocycles. The van der Waals surface area contributed by atoms with Gasteiger partial charge >= 0.3 is 6.18 Å². The van der Waals surface area contributed by atoms with Gasteiger partial charge in [-0.05, 0) is 48.4 Å². The molecule has 0 spiro atoms. The molecule has 0 fully saturated rings. The number of anilines is 2. The zero-order chi connectivity index (χ0) is 28.0. The van der Waals surface area contributed by atoms with Crippen LogP contribution in [0.25, 0.3) is 22.5 Å². The van der Waals surface area contributed by atoms with Gasteiger partial charge in [0.2, 0.25) is 0 Å². The maximum atomic E-state index is 13.1. The summed E-state index contributed by atoms with van der Waals surface area (Å²) in [5.74, 6) is 1.33. The van der Waals surface area contributed by atoms with Gasteiger partial charge in [0.15, 0.2) is 5.82 Å². The summed E-state index contributed by atoms with van der Waals surface area (Å²) in [6, 6.07) is 10.6. The van der Waals surface area contributed by atoms with Gasteiger partial charge in [0.05, 0.1) is 5.56 Å². The number of amides is 1. The molecule has 0 aliphatic carbocycles. The number of pyridine rings is 2. The molecule has 1 aromatic carbocycles. The Kier molecular flexibility index (Phi) is 7.22. The number of aromatic nitrogens is 6. The van der Waals surface area contributed by atoms with Crippen molar-refractivity contribution in [2.24, 2.45) is 12.0 Å². The first-order valence-electron chi connectivity index (χ1n) is 12.3. The van der Waals surface area contributed by atoms with Crippen LogP contribution in [0.2, 0.25) is 0 Å². The summed E-state index contributed by atoms with van der Waals surface area (Å²) in [5, 5.41) is 10.3. The normalized spacial score (nSPS) is 13.0. The van der Waals surface area contributed by atoms with Crippen LogP contribution in [-0.4, -0.2) is 41.8 Å². The number of rotatable bonds is 4. The third kappa shape index (κ3) is 5.48. The molecule has 3 aliphatic rings. The van der Waals surface area contributed by atoms with Crippen molar-refractivity contribution in [1.29, 1.82) is 0 Å². The molecule has 1 amide bonds. The zero-order valence-electron chi connectivity index (χ0n) is 21.8. The molecule has 2 N–H and O–H groups in total. The second-order valence-electron chi connectivity index (χ2n) is 9.30. The molecule has 5 heterocycles. The maximum Gasteiger partial charge on any atom is 0.416 e. The Morgan fingerprint density at radius 3 is 2.68 bits per heavy atom. The minimum absolute atomic E-state index is 0. The van der Waals surface area contributed by atoms with E-state index in [4.69, 9.17) is 0 Å². The summed E-state index contributed by atoms with van der Waals surface area (Å²) in [6.45, 7) is 3.31. The SMILES string of the molecule is Cc1ccc(NC(=O)c2cc(C(F)(F)F)ccn2)cc1-c1cc2cnc(=Nc3ccn(C)n3)nc-2n2c1NCC2.Cl. The van der Waals surface area contributed by atoms with Crippen LogP contribution in [0, 0.1) is 6.92 Å². The number of nitrogens with one attached hydrogen (secondary N) is 2. The zero-order valence-corrected chi connectivity index (χ0v) is 22.6. The lowest BCUT2D eigenvalue weighted by atomic mass is 9.98. The summed E-state index contributed by atoms with van der Waals surface area (Å²) < 4.78 is 43.0. The fourth-order valence-electron chi connectivity index (χ4n) is 4.60. The first-order valence-corrected chi connectivity index (χ1v) is 12.3. The van der Waals surface area contributed by atoms with Crippen molar-refractivity contribution in [3.8, 4) is 22.5 Å². The molecular formula is C27H23ClF3N9O. The maximum absolute atomic E-state index is 13.1. The lowest BCUT2D eigenvalue weighted by molar-refractivity contribution is -0.137. The van der Waals surface area contributed by atoms with Crippen molar-refractivity contribution >= 4 is 35.6 Å². The number of halogens is 4. The lowest BCUT2D eigenvalue weighted by Crippen LogP contribution is -2.17. The summed E-state index contributed by atoms with van der Waals surface area (Å²) in [7, 11) is 1.81. The first-order chi connectivity index (χ1) is 19.2. The Morgan fingerprint density at radius 2 is 1.93 bits per heavy atom. The second-order valence-corrected chi connectivity index (χ2v) is 9.30. The topological polar surface area (TPSA) is 115 Å². The average molecular weight is 582 g/mol. The monoisotopic (exact) mass is 581 g/mol. The van der Waals surface area contributed by atoms with E-state index in [0.29, 0.717) is 36.0 Å². The van der Waals surface area contributed by atoms with E-state index in [1.54, 1.807) is 42.3 Å². The van der Waals surface area contributed by atoms with Crippen LogP contribution in [0.15, 0.2) is 66.0 Å². The van der Waals surface area contributed by atoms with Crippen molar-refractivity contribution in [2.45, 2.75) is 19.6 Å². The van der Waals surface area contributed by atoms with E-state index in [-0.39, 0.29) is 18.1 Å². The van der Waals surface area contributed by atoms with E-state index >= 15 is 0 Å². The van der Waals surface area contributed by atoms with E-state index < -0.39 is 17.6 Å². The van der Waals surface area contributed by atoms with Crippen LogP contribution < -0.4 is 16.3 Å². The summed E-state index contributed by atoms with van der Waals surface area (Å²) in [5.41, 5.74) is 2.88. The van der Waals surface area contributed by atoms with Gasteiger partial charge in [-0.1, -0.05) is 6.07 Å². The number of alkyl halides is 3. The van der Waals surface area contributed by atoms with E-state index in [1.165, 1.54) is 0 Å². The highest BCUT2D eigenvalue weighted by molar-refractivity contribution is 6.03. The predicted molar refractivity (Wildman–Crippen MR) is 148 cm³/mol. The van der Waals surface area contributed by atoms with Crippen molar-refractivity contribution < 1.29 is 18.0 Å². The Morgan fingerprint density at radius 1 is 1.10 bits per heavy atom. The van der Waals surface area contributed by atoms with Crippen LogP contribution in [0.3, 0.4) is 0 Å². The minimum Gasteiger partial charge on any atom is -0.369 e. The Hall–Kier alpha value is -4.78. The number of hydrogen-bond acceptors (Lipinski definition) is 7. The van der Waals surface area contributed by atoms with E-state index in [1.807, 2.05) is 19.1 Å². The smallest absolute Gasteiger partial charge is 0.369 e. The molecule has 0 saturated heterocycles. The molecule has 14 heteroatoms. The molecule has 6 rings (SSSR count). The fourth-order valence-corrected chi connectivity index (χ4v) is 4.60. The number of benzene rings is 1.